The van der Waals surface area contributed by atoms with Crippen molar-refractivity contribution in [2.24, 2.45) is 0 Å². The van der Waals surface area contributed by atoms with Crippen molar-refractivity contribution in [1.82, 2.24) is 5.32 Å². The quantitative estimate of drug-likeness (QED) is 0.530. The van der Waals surface area contributed by atoms with Crippen LogP contribution in [0.15, 0.2) is 41.3 Å². The molecule has 3 rings (SSSR count). The number of carbonyl (C=O) groups excluding carboxylic acids is 1. The number of rotatable bonds is 9. The minimum atomic E-state index is -0.265. The highest BCUT2D eigenvalue weighted by Gasteiger charge is 2.36. The van der Waals surface area contributed by atoms with Crippen molar-refractivity contribution in [3.05, 3.63) is 47.0 Å². The molecule has 9 heteroatoms. The number of halogens is 2. The number of nitrogens with zero attached hydrogens (tertiary/aromatic N) is 1. The molecular formula is C21H26Cl2N2O4S. The van der Waals surface area contributed by atoms with Crippen LogP contribution < -0.4 is 19.7 Å². The number of hydrogen-bond acceptors (Lipinski definition) is 6. The molecule has 0 saturated carbocycles. The van der Waals surface area contributed by atoms with E-state index in [4.69, 9.17) is 26.2 Å². The van der Waals surface area contributed by atoms with Crippen molar-refractivity contribution in [3.8, 4) is 11.5 Å². The van der Waals surface area contributed by atoms with Gasteiger partial charge in [0.25, 0.3) is 0 Å². The summed E-state index contributed by atoms with van der Waals surface area (Å²) in [6, 6.07) is 11.2. The van der Waals surface area contributed by atoms with E-state index < -0.39 is 0 Å². The van der Waals surface area contributed by atoms with Crippen LogP contribution in [0.3, 0.4) is 0 Å². The molecule has 1 amide bonds. The van der Waals surface area contributed by atoms with Gasteiger partial charge in [0.1, 0.15) is 16.9 Å². The lowest BCUT2D eigenvalue weighted by molar-refractivity contribution is -0.116. The second-order valence-electron chi connectivity index (χ2n) is 6.55. The molecule has 0 bridgehead atoms. The Morgan fingerprint density at radius 2 is 2.07 bits per heavy atom. The normalized spacial score (nSPS) is 14.8. The summed E-state index contributed by atoms with van der Waals surface area (Å²) in [4.78, 5) is 15.2. The molecule has 6 nitrogen and oxygen atoms in total. The minimum Gasteiger partial charge on any atom is -0.497 e. The van der Waals surface area contributed by atoms with Crippen molar-refractivity contribution in [2.75, 3.05) is 38.3 Å². The lowest BCUT2D eigenvalue weighted by atomic mass is 10.1. The van der Waals surface area contributed by atoms with Gasteiger partial charge in [-0.15, -0.1) is 12.4 Å². The molecule has 0 fully saturated rings. The highest BCUT2D eigenvalue weighted by molar-refractivity contribution is 8.00. The van der Waals surface area contributed by atoms with Crippen LogP contribution >= 0.6 is 35.8 Å². The Bertz CT molecular complexity index is 869. The second kappa shape index (κ2) is 11.7. The fourth-order valence-corrected chi connectivity index (χ4v) is 4.82. The summed E-state index contributed by atoms with van der Waals surface area (Å²) in [5, 5.41) is 12.3. The third-order valence-corrected chi connectivity index (χ3v) is 6.02. The number of hydrogen-bond donors (Lipinski definition) is 2. The van der Waals surface area contributed by atoms with Crippen molar-refractivity contribution in [2.45, 2.75) is 23.6 Å². The molecule has 0 saturated heterocycles. The molecule has 1 aliphatic rings. The van der Waals surface area contributed by atoms with Gasteiger partial charge in [0.05, 0.1) is 26.0 Å². The zero-order valence-electron chi connectivity index (χ0n) is 16.9. The van der Waals surface area contributed by atoms with Crippen molar-refractivity contribution in [1.29, 1.82) is 0 Å². The van der Waals surface area contributed by atoms with Gasteiger partial charge in [0.15, 0.2) is 0 Å². The van der Waals surface area contributed by atoms with Crippen molar-refractivity contribution < 1.29 is 19.4 Å². The van der Waals surface area contributed by atoms with Crippen LogP contribution in [0.5, 0.6) is 11.5 Å². The Balaban J connectivity index is 0.00000320. The van der Waals surface area contributed by atoms with E-state index in [2.05, 4.69) is 5.32 Å². The molecule has 1 unspecified atom stereocenters. The van der Waals surface area contributed by atoms with Gasteiger partial charge in [-0.2, -0.15) is 0 Å². The first-order valence-corrected chi connectivity index (χ1v) is 10.7. The number of carbonyl (C=O) groups is 1. The van der Waals surface area contributed by atoms with Gasteiger partial charge in [-0.05, 0) is 49.4 Å². The number of benzene rings is 2. The predicted molar refractivity (Wildman–Crippen MR) is 124 cm³/mol. The number of amides is 1. The lowest BCUT2D eigenvalue weighted by Gasteiger charge is -2.25. The number of aliphatic hydroxyl groups is 1. The smallest absolute Gasteiger partial charge is 0.225 e. The monoisotopic (exact) mass is 472 g/mol. The van der Waals surface area contributed by atoms with Gasteiger partial charge in [-0.1, -0.05) is 23.4 Å². The molecule has 0 radical (unpaired) electrons. The zero-order valence-corrected chi connectivity index (χ0v) is 19.3. The van der Waals surface area contributed by atoms with Gasteiger partial charge < -0.3 is 19.9 Å². The topological polar surface area (TPSA) is 71.0 Å². The molecule has 1 atom stereocenters. The number of thioether (sulfide) groups is 1. The molecule has 1 heterocycles. The van der Waals surface area contributed by atoms with Gasteiger partial charge in [0.2, 0.25) is 5.91 Å². The number of methoxy groups -OCH3 is 1. The Morgan fingerprint density at radius 3 is 2.77 bits per heavy atom. The third-order valence-electron chi connectivity index (χ3n) is 4.52. The summed E-state index contributed by atoms with van der Waals surface area (Å²) in [5.74, 6) is 1.37. The summed E-state index contributed by atoms with van der Waals surface area (Å²) >= 11 is 7.73. The summed E-state index contributed by atoms with van der Waals surface area (Å²) in [6.07, 6.45) is 0.801. The molecule has 30 heavy (non-hydrogen) atoms. The Labute approximate surface area is 192 Å². The maximum absolute atomic E-state index is 12.5. The summed E-state index contributed by atoms with van der Waals surface area (Å²) in [7, 11) is 1.62. The molecule has 164 valence electrons. The summed E-state index contributed by atoms with van der Waals surface area (Å²) < 4.78 is 11.5. The highest BCUT2D eigenvalue weighted by atomic mass is 35.5. The third kappa shape index (κ3) is 5.74. The largest absolute Gasteiger partial charge is 0.497 e. The van der Waals surface area contributed by atoms with Crippen LogP contribution in [0.4, 0.5) is 5.69 Å². The first-order valence-electron chi connectivity index (χ1n) is 9.43. The van der Waals surface area contributed by atoms with Gasteiger partial charge in [0, 0.05) is 29.0 Å². The molecule has 0 aliphatic carbocycles. The predicted octanol–water partition coefficient (Wildman–Crippen LogP) is 4.28. The average molecular weight is 473 g/mol. The maximum Gasteiger partial charge on any atom is 0.225 e. The van der Waals surface area contributed by atoms with Crippen LogP contribution in [0.1, 0.15) is 24.3 Å². The minimum absolute atomic E-state index is 0. The lowest BCUT2D eigenvalue weighted by Crippen LogP contribution is -2.28. The molecule has 2 N–H and O–H groups in total. The van der Waals surface area contributed by atoms with E-state index in [1.165, 1.54) is 0 Å². The van der Waals surface area contributed by atoms with Crippen LogP contribution in [0, 0.1) is 0 Å². The van der Waals surface area contributed by atoms with E-state index >= 15 is 0 Å². The number of fused-ring (bicyclic) bond motifs is 1. The van der Waals surface area contributed by atoms with E-state index in [1.54, 1.807) is 36.8 Å². The van der Waals surface area contributed by atoms with Gasteiger partial charge >= 0.3 is 0 Å². The van der Waals surface area contributed by atoms with Gasteiger partial charge in [-0.3, -0.25) is 9.69 Å². The van der Waals surface area contributed by atoms with Gasteiger partial charge in [-0.25, -0.2) is 0 Å². The van der Waals surface area contributed by atoms with Crippen LogP contribution in [-0.2, 0) is 4.79 Å². The molecule has 2 aromatic carbocycles. The highest BCUT2D eigenvalue weighted by Crippen LogP contribution is 2.54. The summed E-state index contributed by atoms with van der Waals surface area (Å²) in [6.45, 7) is 3.53. The second-order valence-corrected chi connectivity index (χ2v) is 8.11. The first kappa shape index (κ1) is 24.6. The fraction of sp³-hybridized carbons (Fsp3) is 0.381. The Morgan fingerprint density at radius 1 is 1.27 bits per heavy atom. The van der Waals surface area contributed by atoms with Crippen molar-refractivity contribution in [3.63, 3.8) is 0 Å². The SMILES string of the molecule is COc1ccc(OCCCNCCO)c(C2Sc3cc(Cl)ccc3N2C(C)=O)c1.Cl. The number of aliphatic hydroxyl groups excluding tert-OH is 1. The van der Waals surface area contributed by atoms with Crippen LogP contribution in [-0.4, -0.2) is 44.4 Å². The number of nitrogens with one attached hydrogen (secondary N) is 1. The standard InChI is InChI=1S/C21H25ClN2O4S.ClH/c1-14(26)24-18-6-4-15(22)12-20(18)29-21(24)17-13-16(27-2)5-7-19(17)28-11-3-8-23-9-10-25;/h4-7,12-13,21,23,25H,3,8-11H2,1-2H3;1H. The Hall–Kier alpha value is -1.64. The van der Waals surface area contributed by atoms with Crippen molar-refractivity contribution >= 4 is 47.4 Å². The van der Waals surface area contributed by atoms with E-state index in [1.807, 2.05) is 30.3 Å². The molecule has 0 aromatic heterocycles. The summed E-state index contributed by atoms with van der Waals surface area (Å²) in [5.41, 5.74) is 1.72. The number of anilines is 1. The molecule has 0 spiro atoms. The fourth-order valence-electron chi connectivity index (χ4n) is 3.18. The average Bonchev–Trinajstić information content (AvgIpc) is 3.09. The molecule has 2 aromatic rings. The Kier molecular flexibility index (Phi) is 9.58. The van der Waals surface area contributed by atoms with E-state index in [0.29, 0.717) is 23.9 Å². The van der Waals surface area contributed by atoms with Crippen LogP contribution in [0.25, 0.3) is 0 Å². The van der Waals surface area contributed by atoms with Crippen LogP contribution in [0.2, 0.25) is 5.02 Å². The number of ether oxygens (including phenoxy) is 2. The molecular weight excluding hydrogens is 447 g/mol. The zero-order chi connectivity index (χ0) is 20.8. The van der Waals surface area contributed by atoms with E-state index in [0.717, 1.165) is 34.9 Å². The maximum atomic E-state index is 12.5. The van der Waals surface area contributed by atoms with E-state index in [-0.39, 0.29) is 30.3 Å². The first-order chi connectivity index (χ1) is 14.0. The van der Waals surface area contributed by atoms with E-state index in [9.17, 15) is 4.79 Å². The molecule has 1 aliphatic heterocycles.